The quantitative estimate of drug-likeness (QED) is 0.0519. The van der Waals surface area contributed by atoms with Crippen LogP contribution in [0.25, 0.3) is 0 Å². The molecule has 0 aliphatic heterocycles. The minimum atomic E-state index is 0.0113. The highest BCUT2D eigenvalue weighted by Gasteiger charge is 2.14. The molecule has 48 heavy (non-hydrogen) atoms. The summed E-state index contributed by atoms with van der Waals surface area (Å²) in [6.07, 6.45) is 34.9. The van der Waals surface area contributed by atoms with Crippen LogP contribution in [-0.4, -0.2) is 72.7 Å². The number of rotatable bonds is 38. The van der Waals surface area contributed by atoms with Crippen LogP contribution in [0.4, 0.5) is 0 Å². The van der Waals surface area contributed by atoms with Gasteiger partial charge in [-0.3, -0.25) is 9.59 Å². The average Bonchev–Trinajstić information content (AvgIpc) is 3.08. The molecular formula is C42H84N2O4. The lowest BCUT2D eigenvalue weighted by molar-refractivity contribution is -0.150. The fraction of sp³-hybridized carbons (Fsp3) is 0.952. The fourth-order valence-corrected chi connectivity index (χ4v) is 6.66. The molecule has 0 rings (SSSR count). The second-order valence-corrected chi connectivity index (χ2v) is 14.7. The lowest BCUT2D eigenvalue weighted by atomic mass is 10.0. The van der Waals surface area contributed by atoms with Crippen LogP contribution >= 0.6 is 0 Å². The molecule has 286 valence electrons. The van der Waals surface area contributed by atoms with Crippen LogP contribution in [0.15, 0.2) is 0 Å². The molecular weight excluding hydrogens is 596 g/mol. The van der Waals surface area contributed by atoms with E-state index in [9.17, 15) is 14.7 Å². The van der Waals surface area contributed by atoms with Crippen molar-refractivity contribution >= 4 is 11.9 Å². The number of esters is 1. The molecule has 0 saturated carbocycles. The largest absolute Gasteiger partial charge is 0.462 e. The number of unbranched alkanes of at least 4 members (excludes halogenated alkanes) is 21. The van der Waals surface area contributed by atoms with Gasteiger partial charge in [0.05, 0.1) is 6.61 Å². The van der Waals surface area contributed by atoms with Gasteiger partial charge in [-0.1, -0.05) is 143 Å². The number of aliphatic hydroxyl groups is 1. The summed E-state index contributed by atoms with van der Waals surface area (Å²) in [6.45, 7) is 10.6. The molecule has 0 heterocycles. The number of nitrogens with zero attached hydrogens (tertiary/aromatic N) is 2. The SMILES string of the molecule is CCCCCCCCC(CCCCCCCC)OC(=O)CCCCCCCN(CCO)CCCCCC(=O)N(C)CCCCCCCC. The Hall–Kier alpha value is -1.14. The van der Waals surface area contributed by atoms with Crippen LogP contribution in [0.3, 0.4) is 0 Å². The maximum absolute atomic E-state index is 12.7. The number of aliphatic hydroxyl groups excluding tert-OH is 1. The molecule has 0 radical (unpaired) electrons. The zero-order chi connectivity index (χ0) is 35.3. The molecule has 0 atom stereocenters. The number of hydrogen-bond acceptors (Lipinski definition) is 5. The zero-order valence-corrected chi connectivity index (χ0v) is 32.9. The van der Waals surface area contributed by atoms with Crippen LogP contribution in [0.5, 0.6) is 0 Å². The summed E-state index contributed by atoms with van der Waals surface area (Å²) >= 11 is 0. The Bertz CT molecular complexity index is 673. The number of carbonyl (C=O) groups excluding carboxylic acids is 2. The molecule has 0 spiro atoms. The standard InChI is InChI=1S/C42H84N2O4/c1-5-8-11-14-18-24-31-40(32-25-19-15-12-9-6-2)48-42(47)34-27-20-17-22-29-36-44(38-39-45)37-30-23-26-33-41(46)43(4)35-28-21-16-13-10-7-3/h40,45H,5-39H2,1-4H3. The van der Waals surface area contributed by atoms with Crippen LogP contribution in [0, 0.1) is 0 Å². The summed E-state index contributed by atoms with van der Waals surface area (Å²) in [5, 5.41) is 9.54. The molecule has 0 fully saturated rings. The molecule has 1 amide bonds. The third-order valence-electron chi connectivity index (χ3n) is 9.97. The van der Waals surface area contributed by atoms with E-state index in [0.717, 1.165) is 96.8 Å². The summed E-state index contributed by atoms with van der Waals surface area (Å²) in [7, 11) is 1.95. The van der Waals surface area contributed by atoms with Crippen molar-refractivity contribution in [1.29, 1.82) is 0 Å². The monoisotopic (exact) mass is 681 g/mol. The van der Waals surface area contributed by atoms with E-state index in [1.54, 1.807) is 0 Å². The van der Waals surface area contributed by atoms with Crippen molar-refractivity contribution in [3.05, 3.63) is 0 Å². The Morgan fingerprint density at radius 2 is 0.896 bits per heavy atom. The lowest BCUT2D eigenvalue weighted by Crippen LogP contribution is -2.29. The lowest BCUT2D eigenvalue weighted by Gasteiger charge is -2.21. The summed E-state index contributed by atoms with van der Waals surface area (Å²) in [5.41, 5.74) is 0. The fourth-order valence-electron chi connectivity index (χ4n) is 6.66. The van der Waals surface area contributed by atoms with Crippen molar-refractivity contribution in [1.82, 2.24) is 9.80 Å². The topological polar surface area (TPSA) is 70.1 Å². The van der Waals surface area contributed by atoms with Gasteiger partial charge in [0.25, 0.3) is 0 Å². The smallest absolute Gasteiger partial charge is 0.306 e. The number of ether oxygens (including phenoxy) is 1. The van der Waals surface area contributed by atoms with E-state index < -0.39 is 0 Å². The van der Waals surface area contributed by atoms with Crippen molar-refractivity contribution in [3.8, 4) is 0 Å². The normalized spacial score (nSPS) is 11.6. The van der Waals surface area contributed by atoms with Crippen molar-refractivity contribution in [2.45, 2.75) is 219 Å². The molecule has 0 aliphatic rings. The predicted octanol–water partition coefficient (Wildman–Crippen LogP) is 11.4. The van der Waals surface area contributed by atoms with Crippen molar-refractivity contribution in [3.63, 3.8) is 0 Å². The predicted molar refractivity (Wildman–Crippen MR) is 207 cm³/mol. The molecule has 0 aromatic rings. The number of carbonyl (C=O) groups is 2. The molecule has 0 aromatic carbocycles. The third kappa shape index (κ3) is 32.1. The Morgan fingerprint density at radius 3 is 1.40 bits per heavy atom. The first-order valence-electron chi connectivity index (χ1n) is 21.2. The Kier molecular flexibility index (Phi) is 36.2. The molecule has 0 unspecified atom stereocenters. The van der Waals surface area contributed by atoms with E-state index in [2.05, 4.69) is 25.7 Å². The van der Waals surface area contributed by atoms with Gasteiger partial charge in [-0.05, 0) is 70.9 Å². The van der Waals surface area contributed by atoms with Gasteiger partial charge in [-0.2, -0.15) is 0 Å². The third-order valence-corrected chi connectivity index (χ3v) is 9.97. The van der Waals surface area contributed by atoms with E-state index in [4.69, 9.17) is 4.74 Å². The van der Waals surface area contributed by atoms with Crippen LogP contribution in [0.2, 0.25) is 0 Å². The van der Waals surface area contributed by atoms with Gasteiger partial charge in [0.15, 0.2) is 0 Å². The second-order valence-electron chi connectivity index (χ2n) is 14.7. The Morgan fingerprint density at radius 1 is 0.500 bits per heavy atom. The summed E-state index contributed by atoms with van der Waals surface area (Å²) in [4.78, 5) is 29.4. The Balaban J connectivity index is 4.07. The van der Waals surface area contributed by atoms with Crippen molar-refractivity contribution in [2.24, 2.45) is 0 Å². The number of amides is 1. The molecule has 6 nitrogen and oxygen atoms in total. The molecule has 1 N–H and O–H groups in total. The first kappa shape index (κ1) is 46.9. The van der Waals surface area contributed by atoms with Gasteiger partial charge in [-0.25, -0.2) is 0 Å². The zero-order valence-electron chi connectivity index (χ0n) is 32.9. The maximum atomic E-state index is 12.7. The van der Waals surface area contributed by atoms with Crippen molar-refractivity contribution < 1.29 is 19.4 Å². The average molecular weight is 681 g/mol. The second kappa shape index (κ2) is 37.1. The van der Waals surface area contributed by atoms with Crippen molar-refractivity contribution in [2.75, 3.05) is 39.8 Å². The van der Waals surface area contributed by atoms with Crippen LogP contribution < -0.4 is 0 Å². The minimum absolute atomic E-state index is 0.0113. The van der Waals surface area contributed by atoms with Crippen LogP contribution in [0.1, 0.15) is 213 Å². The summed E-state index contributed by atoms with van der Waals surface area (Å²) in [6, 6.07) is 0. The highest BCUT2D eigenvalue weighted by Crippen LogP contribution is 2.18. The molecule has 0 aromatic heterocycles. The summed E-state index contributed by atoms with van der Waals surface area (Å²) in [5.74, 6) is 0.294. The van der Waals surface area contributed by atoms with E-state index in [1.807, 2.05) is 11.9 Å². The van der Waals surface area contributed by atoms with E-state index in [1.165, 1.54) is 109 Å². The van der Waals surface area contributed by atoms with E-state index in [-0.39, 0.29) is 24.6 Å². The first-order valence-corrected chi connectivity index (χ1v) is 21.2. The highest BCUT2D eigenvalue weighted by molar-refractivity contribution is 5.75. The Labute approximate surface area is 299 Å². The van der Waals surface area contributed by atoms with Gasteiger partial charge in [0, 0.05) is 33.0 Å². The minimum Gasteiger partial charge on any atom is -0.462 e. The van der Waals surface area contributed by atoms with Gasteiger partial charge >= 0.3 is 5.97 Å². The van der Waals surface area contributed by atoms with E-state index >= 15 is 0 Å². The van der Waals surface area contributed by atoms with Gasteiger partial charge in [0.1, 0.15) is 6.10 Å². The van der Waals surface area contributed by atoms with Gasteiger partial charge < -0.3 is 19.6 Å². The maximum Gasteiger partial charge on any atom is 0.306 e. The molecule has 0 saturated heterocycles. The van der Waals surface area contributed by atoms with Crippen LogP contribution in [-0.2, 0) is 14.3 Å². The number of hydrogen-bond donors (Lipinski definition) is 1. The molecule has 0 bridgehead atoms. The summed E-state index contributed by atoms with van der Waals surface area (Å²) < 4.78 is 6.01. The molecule has 0 aliphatic carbocycles. The molecule has 6 heteroatoms. The van der Waals surface area contributed by atoms with Gasteiger partial charge in [-0.15, -0.1) is 0 Å². The highest BCUT2D eigenvalue weighted by atomic mass is 16.5. The first-order chi connectivity index (χ1) is 23.5. The van der Waals surface area contributed by atoms with Gasteiger partial charge in [0.2, 0.25) is 5.91 Å². The van der Waals surface area contributed by atoms with E-state index in [0.29, 0.717) is 12.8 Å².